The summed E-state index contributed by atoms with van der Waals surface area (Å²) in [5.74, 6) is 0.300. The molecule has 3 nitrogen and oxygen atoms in total. The van der Waals surface area contributed by atoms with E-state index in [1.54, 1.807) is 0 Å². The molecule has 3 aliphatic rings. The summed E-state index contributed by atoms with van der Waals surface area (Å²) in [7, 11) is 0. The second-order valence-electron chi connectivity index (χ2n) is 15.0. The van der Waals surface area contributed by atoms with Crippen LogP contribution in [0.25, 0.3) is 33.5 Å². The van der Waals surface area contributed by atoms with Gasteiger partial charge in [-0.3, -0.25) is 0 Å². The Labute approximate surface area is 319 Å². The number of pyridine rings is 1. The molecule has 54 heavy (non-hydrogen) atoms. The van der Waals surface area contributed by atoms with Gasteiger partial charge in [-0.25, -0.2) is 4.98 Å². The third kappa shape index (κ3) is 5.29. The van der Waals surface area contributed by atoms with Crippen LogP contribution >= 0.6 is 0 Å². The van der Waals surface area contributed by atoms with Gasteiger partial charge in [0.25, 0.3) is 0 Å². The van der Waals surface area contributed by atoms with E-state index in [9.17, 15) is 0 Å². The van der Waals surface area contributed by atoms with Crippen molar-refractivity contribution < 1.29 is 0 Å². The van der Waals surface area contributed by atoms with E-state index in [2.05, 4.69) is 190 Å². The van der Waals surface area contributed by atoms with E-state index in [-0.39, 0.29) is 0 Å². The predicted molar refractivity (Wildman–Crippen MR) is 228 cm³/mol. The van der Waals surface area contributed by atoms with Gasteiger partial charge in [0, 0.05) is 34.6 Å². The first-order valence-electron chi connectivity index (χ1n) is 19.3. The number of anilines is 3. The molecule has 0 fully saturated rings. The van der Waals surface area contributed by atoms with Gasteiger partial charge in [0.1, 0.15) is 0 Å². The molecule has 3 heteroatoms. The molecular weight excluding hydrogens is 655 g/mol. The lowest BCUT2D eigenvalue weighted by atomic mass is 9.65. The van der Waals surface area contributed by atoms with Crippen molar-refractivity contribution in [3.63, 3.8) is 0 Å². The number of rotatable bonds is 6. The smallest absolute Gasteiger partial charge is 0.0945 e. The van der Waals surface area contributed by atoms with Crippen molar-refractivity contribution in [1.82, 2.24) is 4.98 Å². The average molecular weight is 700 g/mol. The molecule has 1 aliphatic heterocycles. The standard InChI is InChI=1S/C51H45N3/c1-4-17-38(32-34(2)3)49-47-46(48(52)50(53-49)37-30-28-36(29-31-37)35-18-7-5-8-19-35)41-23-12-14-25-43(41)51(47)42-24-13-11-20-39(42)33-54(40-21-9-6-10-22-40)45-27-16-15-26-44(45)51/h4-7,9-18,20-32,34H,8,19,33,52H2,1-3H3/b17-4-,38-32+/t51-/m0/s1. The van der Waals surface area contributed by atoms with E-state index in [1.165, 1.54) is 39.1 Å². The van der Waals surface area contributed by atoms with E-state index < -0.39 is 5.41 Å². The van der Waals surface area contributed by atoms with Crippen LogP contribution in [0.15, 0.2) is 164 Å². The Kier molecular flexibility index (Phi) is 8.51. The Balaban J connectivity index is 1.41. The van der Waals surface area contributed by atoms with E-state index in [4.69, 9.17) is 10.7 Å². The van der Waals surface area contributed by atoms with Crippen LogP contribution in [-0.2, 0) is 12.0 Å². The van der Waals surface area contributed by atoms with Crippen LogP contribution < -0.4 is 10.6 Å². The lowest BCUT2D eigenvalue weighted by Gasteiger charge is -2.36. The van der Waals surface area contributed by atoms with Crippen molar-refractivity contribution in [2.24, 2.45) is 5.92 Å². The highest BCUT2D eigenvalue weighted by atomic mass is 15.1. The second kappa shape index (κ2) is 13.7. The molecule has 2 N–H and O–H groups in total. The second-order valence-corrected chi connectivity index (χ2v) is 15.0. The zero-order chi connectivity index (χ0) is 36.8. The monoisotopic (exact) mass is 699 g/mol. The zero-order valence-corrected chi connectivity index (χ0v) is 31.3. The Morgan fingerprint density at radius 1 is 0.778 bits per heavy atom. The number of fused-ring (bicyclic) bond motifs is 9. The minimum Gasteiger partial charge on any atom is -0.396 e. The Morgan fingerprint density at radius 2 is 1.46 bits per heavy atom. The highest BCUT2D eigenvalue weighted by Gasteiger charge is 2.52. The summed E-state index contributed by atoms with van der Waals surface area (Å²) >= 11 is 0. The third-order valence-electron chi connectivity index (χ3n) is 11.3. The predicted octanol–water partition coefficient (Wildman–Crippen LogP) is 12.7. The molecule has 2 aliphatic carbocycles. The first kappa shape index (κ1) is 33.6. The van der Waals surface area contributed by atoms with Crippen molar-refractivity contribution in [2.45, 2.75) is 45.6 Å². The fraction of sp³-hybridized carbons (Fsp3) is 0.157. The van der Waals surface area contributed by atoms with Crippen molar-refractivity contribution in [3.05, 3.63) is 203 Å². The molecule has 0 bridgehead atoms. The molecule has 5 aromatic carbocycles. The van der Waals surface area contributed by atoms with E-state index in [0.717, 1.165) is 64.3 Å². The lowest BCUT2D eigenvalue weighted by Crippen LogP contribution is -2.31. The Bertz CT molecular complexity index is 2520. The number of nitrogen functional groups attached to an aromatic ring is 1. The molecule has 1 spiro atoms. The SMILES string of the molecule is C/C=C\C(=C/C(C)C)c1nc(-c2ccc(C3=CC=CCC3)cc2)c(N)c2c1[C@@]1(c3ccccc3CN(c3ccccc3)c3ccccc31)c1ccccc1-2. The van der Waals surface area contributed by atoms with Crippen LogP contribution in [0, 0.1) is 5.92 Å². The average Bonchev–Trinajstić information content (AvgIpc) is 3.45. The van der Waals surface area contributed by atoms with Crippen LogP contribution in [-0.4, -0.2) is 4.98 Å². The maximum atomic E-state index is 7.56. The first-order valence-corrected chi connectivity index (χ1v) is 19.3. The normalized spacial score (nSPS) is 17.3. The lowest BCUT2D eigenvalue weighted by molar-refractivity contribution is 0.760. The molecule has 0 unspecified atom stereocenters. The van der Waals surface area contributed by atoms with Gasteiger partial charge in [0.05, 0.1) is 22.5 Å². The summed E-state index contributed by atoms with van der Waals surface area (Å²) in [6.07, 6.45) is 15.5. The van der Waals surface area contributed by atoms with E-state index >= 15 is 0 Å². The number of nitrogens with zero attached hydrogens (tertiary/aromatic N) is 2. The molecule has 264 valence electrons. The number of aromatic nitrogens is 1. The molecule has 1 aromatic heterocycles. The summed E-state index contributed by atoms with van der Waals surface area (Å²) in [5.41, 5.74) is 24.8. The van der Waals surface area contributed by atoms with Gasteiger partial charge in [0.15, 0.2) is 0 Å². The molecule has 0 saturated carbocycles. The molecule has 0 amide bonds. The van der Waals surface area contributed by atoms with Crippen LogP contribution in [0.2, 0.25) is 0 Å². The van der Waals surface area contributed by atoms with E-state index in [0.29, 0.717) is 11.6 Å². The van der Waals surface area contributed by atoms with Crippen molar-refractivity contribution in [3.8, 4) is 22.4 Å². The van der Waals surface area contributed by atoms with Gasteiger partial charge in [0.2, 0.25) is 0 Å². The maximum absolute atomic E-state index is 7.56. The summed E-state index contributed by atoms with van der Waals surface area (Å²) in [6.45, 7) is 7.32. The number of allylic oxidation sites excluding steroid dienone is 8. The van der Waals surface area contributed by atoms with Gasteiger partial charge in [-0.1, -0.05) is 159 Å². The number of nitrogens with two attached hydrogens (primary N) is 1. The number of para-hydroxylation sites is 2. The quantitative estimate of drug-likeness (QED) is 0.176. The molecule has 6 aromatic rings. The highest BCUT2D eigenvalue weighted by Crippen LogP contribution is 2.63. The summed E-state index contributed by atoms with van der Waals surface area (Å²) < 4.78 is 0. The van der Waals surface area contributed by atoms with Crippen LogP contribution in [0.3, 0.4) is 0 Å². The molecule has 0 saturated heterocycles. The zero-order valence-electron chi connectivity index (χ0n) is 31.3. The van der Waals surface area contributed by atoms with Gasteiger partial charge < -0.3 is 10.6 Å². The number of hydrogen-bond donors (Lipinski definition) is 1. The van der Waals surface area contributed by atoms with Gasteiger partial charge in [-0.2, -0.15) is 0 Å². The fourth-order valence-corrected chi connectivity index (χ4v) is 9.12. The largest absolute Gasteiger partial charge is 0.396 e. The fourth-order valence-electron chi connectivity index (χ4n) is 9.12. The number of benzene rings is 5. The van der Waals surface area contributed by atoms with Crippen LogP contribution in [0.5, 0.6) is 0 Å². The Morgan fingerprint density at radius 3 is 2.20 bits per heavy atom. The molecule has 0 radical (unpaired) electrons. The topological polar surface area (TPSA) is 42.1 Å². The molecule has 2 heterocycles. The van der Waals surface area contributed by atoms with Gasteiger partial charge in [-0.15, -0.1) is 0 Å². The minimum atomic E-state index is -0.694. The van der Waals surface area contributed by atoms with Crippen molar-refractivity contribution in [1.29, 1.82) is 0 Å². The first-order chi connectivity index (χ1) is 26.5. The summed E-state index contributed by atoms with van der Waals surface area (Å²) in [6, 6.07) is 46.6. The van der Waals surface area contributed by atoms with E-state index in [1.807, 2.05) is 0 Å². The third-order valence-corrected chi connectivity index (χ3v) is 11.3. The Hall–Kier alpha value is -6.19. The van der Waals surface area contributed by atoms with Crippen molar-refractivity contribution in [2.75, 3.05) is 10.6 Å². The molecular formula is C51H45N3. The summed E-state index contributed by atoms with van der Waals surface area (Å²) in [4.78, 5) is 8.21. The summed E-state index contributed by atoms with van der Waals surface area (Å²) in [5, 5.41) is 0. The molecule has 9 rings (SSSR count). The number of hydrogen-bond acceptors (Lipinski definition) is 3. The van der Waals surface area contributed by atoms with Crippen molar-refractivity contribution >= 4 is 28.2 Å². The van der Waals surface area contributed by atoms with Gasteiger partial charge in [-0.05, 0) is 88.4 Å². The molecule has 1 atom stereocenters. The highest BCUT2D eigenvalue weighted by molar-refractivity contribution is 6.01. The van der Waals surface area contributed by atoms with Crippen LogP contribution in [0.1, 0.15) is 72.7 Å². The van der Waals surface area contributed by atoms with Gasteiger partial charge >= 0.3 is 0 Å². The van der Waals surface area contributed by atoms with Crippen LogP contribution in [0.4, 0.5) is 17.1 Å². The minimum absolute atomic E-state index is 0.300. The maximum Gasteiger partial charge on any atom is 0.0945 e.